The van der Waals surface area contributed by atoms with E-state index in [4.69, 9.17) is 34.8 Å². The van der Waals surface area contributed by atoms with Crippen LogP contribution in [-0.2, 0) is 0 Å². The van der Waals surface area contributed by atoms with Gasteiger partial charge in [-0.2, -0.15) is 5.10 Å². The summed E-state index contributed by atoms with van der Waals surface area (Å²) in [5.41, 5.74) is 2.76. The van der Waals surface area contributed by atoms with E-state index in [9.17, 15) is 0 Å². The summed E-state index contributed by atoms with van der Waals surface area (Å²) in [5, 5.41) is 3.86. The fraction of sp³-hybridized carbons (Fsp3) is 0.857. The molecule has 1 heterocycles. The standard InChI is InChI=1S/C7H12Cl3N3/c1-2-3-4-13-5-11-12-6(13)7(8,9)10/h5-6,12H,2-4H2,1H3. The van der Waals surface area contributed by atoms with E-state index in [1.807, 2.05) is 4.90 Å². The van der Waals surface area contributed by atoms with E-state index in [1.54, 1.807) is 6.34 Å². The molecule has 1 aliphatic rings. The minimum absolute atomic E-state index is 0.343. The molecule has 0 fully saturated rings. The number of nitrogens with zero attached hydrogens (tertiary/aromatic N) is 2. The Balaban J connectivity index is 2.48. The second-order valence-electron chi connectivity index (χ2n) is 2.91. The van der Waals surface area contributed by atoms with Crippen LogP contribution < -0.4 is 5.43 Å². The maximum absolute atomic E-state index is 5.76. The molecule has 0 aromatic heterocycles. The molecule has 0 saturated heterocycles. The van der Waals surface area contributed by atoms with Crippen LogP contribution in [0.1, 0.15) is 19.8 Å². The van der Waals surface area contributed by atoms with Crippen LogP contribution in [0.3, 0.4) is 0 Å². The summed E-state index contributed by atoms with van der Waals surface area (Å²) in [7, 11) is 0. The minimum Gasteiger partial charge on any atom is -0.336 e. The third-order valence-corrected chi connectivity index (χ3v) is 2.43. The fourth-order valence-electron chi connectivity index (χ4n) is 1.11. The van der Waals surface area contributed by atoms with Gasteiger partial charge in [0, 0.05) is 6.54 Å². The minimum atomic E-state index is -1.34. The Hall–Kier alpha value is 0.140. The van der Waals surface area contributed by atoms with E-state index in [0.717, 1.165) is 19.4 Å². The van der Waals surface area contributed by atoms with Gasteiger partial charge in [-0.05, 0) is 6.42 Å². The van der Waals surface area contributed by atoms with Gasteiger partial charge in [-0.1, -0.05) is 48.1 Å². The highest BCUT2D eigenvalue weighted by molar-refractivity contribution is 6.68. The van der Waals surface area contributed by atoms with Gasteiger partial charge < -0.3 is 4.90 Å². The zero-order valence-corrected chi connectivity index (χ0v) is 9.57. The lowest BCUT2D eigenvalue weighted by atomic mass is 10.3. The van der Waals surface area contributed by atoms with Crippen LogP contribution >= 0.6 is 34.8 Å². The zero-order chi connectivity index (χ0) is 9.90. The summed E-state index contributed by atoms with van der Waals surface area (Å²) >= 11 is 17.3. The molecule has 0 amide bonds. The van der Waals surface area contributed by atoms with Gasteiger partial charge in [0.2, 0.25) is 3.79 Å². The van der Waals surface area contributed by atoms with Crippen molar-refractivity contribution in [2.75, 3.05) is 6.54 Å². The number of unbranched alkanes of at least 4 members (excludes halogenated alkanes) is 1. The first-order valence-electron chi connectivity index (χ1n) is 4.17. The monoisotopic (exact) mass is 243 g/mol. The van der Waals surface area contributed by atoms with E-state index >= 15 is 0 Å². The molecule has 0 aliphatic carbocycles. The Morgan fingerprint density at radius 3 is 2.77 bits per heavy atom. The van der Waals surface area contributed by atoms with E-state index in [0.29, 0.717) is 0 Å². The average molecular weight is 245 g/mol. The lowest BCUT2D eigenvalue weighted by Crippen LogP contribution is -2.46. The molecular weight excluding hydrogens is 232 g/mol. The molecule has 1 aliphatic heterocycles. The molecule has 1 N–H and O–H groups in total. The smallest absolute Gasteiger partial charge is 0.230 e. The molecule has 13 heavy (non-hydrogen) atoms. The molecule has 0 radical (unpaired) electrons. The van der Waals surface area contributed by atoms with Gasteiger partial charge >= 0.3 is 0 Å². The van der Waals surface area contributed by atoms with E-state index in [-0.39, 0.29) is 6.17 Å². The van der Waals surface area contributed by atoms with Crippen LogP contribution in [0.25, 0.3) is 0 Å². The van der Waals surface area contributed by atoms with Crippen molar-refractivity contribution < 1.29 is 0 Å². The predicted octanol–water partition coefficient (Wildman–Crippen LogP) is 2.33. The van der Waals surface area contributed by atoms with Crippen molar-refractivity contribution in [1.29, 1.82) is 0 Å². The van der Waals surface area contributed by atoms with Crippen molar-refractivity contribution >= 4 is 41.1 Å². The average Bonchev–Trinajstić information content (AvgIpc) is 2.47. The van der Waals surface area contributed by atoms with Crippen LogP contribution in [-0.4, -0.2) is 27.7 Å². The Morgan fingerprint density at radius 2 is 2.23 bits per heavy atom. The summed E-state index contributed by atoms with van der Waals surface area (Å²) < 4.78 is -1.34. The molecule has 0 spiro atoms. The lowest BCUT2D eigenvalue weighted by molar-refractivity contribution is 0.304. The quantitative estimate of drug-likeness (QED) is 0.772. The summed E-state index contributed by atoms with van der Waals surface area (Å²) in [6.45, 7) is 2.97. The highest BCUT2D eigenvalue weighted by Crippen LogP contribution is 2.32. The van der Waals surface area contributed by atoms with Gasteiger partial charge in [-0.15, -0.1) is 0 Å². The first kappa shape index (κ1) is 11.2. The van der Waals surface area contributed by atoms with Gasteiger partial charge in [0.15, 0.2) is 6.17 Å². The summed E-state index contributed by atoms with van der Waals surface area (Å²) in [5.74, 6) is 0. The number of alkyl halides is 3. The molecule has 1 unspecified atom stereocenters. The molecule has 0 aromatic carbocycles. The van der Waals surface area contributed by atoms with Gasteiger partial charge in [0.05, 0.1) is 0 Å². The van der Waals surface area contributed by atoms with E-state index in [1.165, 1.54) is 0 Å². The molecule has 1 rings (SSSR count). The number of hydrogen-bond acceptors (Lipinski definition) is 3. The molecule has 0 saturated carbocycles. The molecule has 0 aromatic rings. The highest BCUT2D eigenvalue weighted by Gasteiger charge is 2.38. The second-order valence-corrected chi connectivity index (χ2v) is 5.28. The molecule has 3 nitrogen and oxygen atoms in total. The van der Waals surface area contributed by atoms with Crippen molar-refractivity contribution in [1.82, 2.24) is 10.3 Å². The van der Waals surface area contributed by atoms with Crippen LogP contribution in [0, 0.1) is 0 Å². The fourth-order valence-corrected chi connectivity index (χ4v) is 1.63. The number of halogens is 3. The topological polar surface area (TPSA) is 27.6 Å². The molecule has 0 bridgehead atoms. The Kier molecular flexibility index (Phi) is 3.95. The number of rotatable bonds is 3. The van der Waals surface area contributed by atoms with Gasteiger partial charge in [-0.3, -0.25) is 5.43 Å². The molecule has 76 valence electrons. The Morgan fingerprint density at radius 1 is 1.54 bits per heavy atom. The van der Waals surface area contributed by atoms with Crippen molar-refractivity contribution in [3.05, 3.63) is 0 Å². The molecular formula is C7H12Cl3N3. The normalized spacial score (nSPS) is 22.2. The first-order valence-corrected chi connectivity index (χ1v) is 5.30. The van der Waals surface area contributed by atoms with Crippen molar-refractivity contribution in [2.45, 2.75) is 29.7 Å². The largest absolute Gasteiger partial charge is 0.336 e. The van der Waals surface area contributed by atoms with Crippen molar-refractivity contribution in [3.8, 4) is 0 Å². The van der Waals surface area contributed by atoms with Gasteiger partial charge in [0.1, 0.15) is 6.34 Å². The zero-order valence-electron chi connectivity index (χ0n) is 7.30. The molecule has 6 heteroatoms. The number of nitrogens with one attached hydrogen (secondary N) is 1. The maximum Gasteiger partial charge on any atom is 0.230 e. The van der Waals surface area contributed by atoms with Gasteiger partial charge in [-0.25, -0.2) is 0 Å². The van der Waals surface area contributed by atoms with Crippen LogP contribution in [0.4, 0.5) is 0 Å². The van der Waals surface area contributed by atoms with Crippen LogP contribution in [0.15, 0.2) is 5.10 Å². The Labute approximate surface area is 93.0 Å². The van der Waals surface area contributed by atoms with Crippen LogP contribution in [0.2, 0.25) is 0 Å². The van der Waals surface area contributed by atoms with E-state index < -0.39 is 3.79 Å². The van der Waals surface area contributed by atoms with Crippen molar-refractivity contribution in [3.63, 3.8) is 0 Å². The first-order chi connectivity index (χ1) is 6.05. The maximum atomic E-state index is 5.76. The summed E-state index contributed by atoms with van der Waals surface area (Å²) in [4.78, 5) is 1.90. The lowest BCUT2D eigenvalue weighted by Gasteiger charge is -2.28. The molecule has 1 atom stereocenters. The Bertz CT molecular complexity index is 190. The third-order valence-electron chi connectivity index (χ3n) is 1.81. The third kappa shape index (κ3) is 3.08. The van der Waals surface area contributed by atoms with E-state index in [2.05, 4.69) is 17.5 Å². The predicted molar refractivity (Wildman–Crippen MR) is 57.3 cm³/mol. The highest BCUT2D eigenvalue weighted by atomic mass is 35.6. The number of hydrazone groups is 1. The van der Waals surface area contributed by atoms with Crippen molar-refractivity contribution in [2.24, 2.45) is 5.10 Å². The van der Waals surface area contributed by atoms with Crippen LogP contribution in [0.5, 0.6) is 0 Å². The second kappa shape index (κ2) is 4.58. The van der Waals surface area contributed by atoms with Gasteiger partial charge in [0.25, 0.3) is 0 Å². The summed E-state index contributed by atoms with van der Waals surface area (Å²) in [6.07, 6.45) is 3.49. The SMILES string of the molecule is CCCCN1C=NNC1C(Cl)(Cl)Cl. The number of hydrogen-bond donors (Lipinski definition) is 1. The summed E-state index contributed by atoms with van der Waals surface area (Å²) in [6, 6.07) is 0.